The van der Waals surface area contributed by atoms with Gasteiger partial charge in [-0.15, -0.1) is 0 Å². The van der Waals surface area contributed by atoms with E-state index in [2.05, 4.69) is 150 Å². The molecule has 0 spiro atoms. The van der Waals surface area contributed by atoms with Crippen LogP contribution in [0.5, 0.6) is 23.0 Å². The van der Waals surface area contributed by atoms with Gasteiger partial charge in [-0.1, -0.05) is 71.8 Å². The van der Waals surface area contributed by atoms with E-state index in [1.54, 1.807) is 0 Å². The second-order valence-corrected chi connectivity index (χ2v) is 15.3. The molecule has 0 aliphatic rings. The Hall–Kier alpha value is -7.97. The largest absolute Gasteiger partial charge is 0.457 e. The molecule has 8 nitrogen and oxygen atoms in total. The summed E-state index contributed by atoms with van der Waals surface area (Å²) in [6.07, 6.45) is 6.65. The molecular formula is C53H40N6O2. The molecule has 0 atom stereocenters. The molecule has 294 valence electrons. The average Bonchev–Trinajstić information content (AvgIpc) is 3.60. The minimum Gasteiger partial charge on any atom is -0.457 e. The summed E-state index contributed by atoms with van der Waals surface area (Å²) in [5.41, 5.74) is 14.2. The van der Waals surface area contributed by atoms with E-state index >= 15 is 0 Å². The molecule has 0 unspecified atom stereocenters. The van der Waals surface area contributed by atoms with E-state index in [9.17, 15) is 0 Å². The number of pyridine rings is 2. The molecule has 4 heterocycles. The summed E-state index contributed by atoms with van der Waals surface area (Å²) in [5.74, 6) is 3.27. The Balaban J connectivity index is 1.11. The van der Waals surface area contributed by atoms with Crippen LogP contribution in [0.2, 0.25) is 0 Å². The molecule has 61 heavy (non-hydrogen) atoms. The summed E-state index contributed by atoms with van der Waals surface area (Å²) >= 11 is 0. The van der Waals surface area contributed by atoms with Crippen molar-refractivity contribution in [1.29, 1.82) is 0 Å². The lowest BCUT2D eigenvalue weighted by atomic mass is 9.95. The third-order valence-electron chi connectivity index (χ3n) is 11.0. The van der Waals surface area contributed by atoms with Gasteiger partial charge in [0.15, 0.2) is 0 Å². The van der Waals surface area contributed by atoms with Crippen LogP contribution >= 0.6 is 0 Å². The standard InChI is InChI=1S/C53H40N6O2/c1-33-11-15-37(16-12-33)51-35(3)25-39(45-9-5-7-23-55-45)27-49(51)60-41-19-21-43-44-22-20-42(30-48(44)59(47(43)29-41)53-57-31-54-32-58-53)61-50-28-40(46-10-6-8-24-56-46)26-36(4)52(50)38-17-13-34(2)14-18-38/h5-32H,1-4H3. The van der Waals surface area contributed by atoms with Crippen molar-refractivity contribution in [3.63, 3.8) is 0 Å². The van der Waals surface area contributed by atoms with Crippen LogP contribution in [-0.2, 0) is 0 Å². The van der Waals surface area contributed by atoms with Crippen molar-refractivity contribution < 1.29 is 9.47 Å². The fourth-order valence-electron chi connectivity index (χ4n) is 8.14. The Labute approximate surface area is 353 Å². The molecule has 0 saturated heterocycles. The molecule has 0 radical (unpaired) electrons. The number of benzene rings is 6. The lowest BCUT2D eigenvalue weighted by molar-refractivity contribution is 0.485. The second-order valence-electron chi connectivity index (χ2n) is 15.3. The Bertz CT molecular complexity index is 3010. The minimum absolute atomic E-state index is 0.478. The van der Waals surface area contributed by atoms with Crippen molar-refractivity contribution in [3.05, 3.63) is 193 Å². The maximum Gasteiger partial charge on any atom is 0.237 e. The number of nitrogens with zero attached hydrogens (tertiary/aromatic N) is 6. The first-order chi connectivity index (χ1) is 29.9. The summed E-state index contributed by atoms with van der Waals surface area (Å²) < 4.78 is 15.9. The summed E-state index contributed by atoms with van der Waals surface area (Å²) in [7, 11) is 0. The molecule has 8 heteroatoms. The van der Waals surface area contributed by atoms with Crippen molar-refractivity contribution in [3.8, 4) is 73.7 Å². The van der Waals surface area contributed by atoms with E-state index < -0.39 is 0 Å². The SMILES string of the molecule is Cc1ccc(-c2c(C)cc(-c3ccccn3)cc2Oc2ccc3c4ccc(Oc5cc(-c6ccccn6)cc(C)c5-c5ccc(C)cc5)cc4n(-c4ncncn4)c3c2)cc1. The smallest absolute Gasteiger partial charge is 0.237 e. The van der Waals surface area contributed by atoms with Gasteiger partial charge in [-0.3, -0.25) is 14.5 Å². The van der Waals surface area contributed by atoms with E-state index in [1.165, 1.54) is 23.8 Å². The zero-order chi connectivity index (χ0) is 41.5. The van der Waals surface area contributed by atoms with Gasteiger partial charge in [0.25, 0.3) is 0 Å². The van der Waals surface area contributed by atoms with Crippen molar-refractivity contribution >= 4 is 21.8 Å². The summed E-state index contributed by atoms with van der Waals surface area (Å²) in [6, 6.07) is 49.8. The van der Waals surface area contributed by atoms with Gasteiger partial charge in [-0.25, -0.2) is 15.0 Å². The fraction of sp³-hybridized carbons (Fsp3) is 0.0755. The van der Waals surface area contributed by atoms with Gasteiger partial charge in [0.2, 0.25) is 5.95 Å². The zero-order valence-electron chi connectivity index (χ0n) is 34.2. The Morgan fingerprint density at radius 2 is 0.885 bits per heavy atom. The molecule has 0 aliphatic carbocycles. The third-order valence-corrected chi connectivity index (χ3v) is 11.0. The van der Waals surface area contributed by atoms with Gasteiger partial charge in [0.05, 0.1) is 22.4 Å². The number of ether oxygens (including phenoxy) is 2. The Morgan fingerprint density at radius 1 is 0.426 bits per heavy atom. The van der Waals surface area contributed by atoms with Crippen molar-refractivity contribution in [1.82, 2.24) is 29.5 Å². The number of rotatable bonds is 9. The predicted molar refractivity (Wildman–Crippen MR) is 243 cm³/mol. The maximum absolute atomic E-state index is 6.93. The predicted octanol–water partition coefficient (Wildman–Crippen LogP) is 13.2. The van der Waals surface area contributed by atoms with Crippen LogP contribution < -0.4 is 9.47 Å². The average molecular weight is 793 g/mol. The molecule has 0 saturated carbocycles. The normalized spacial score (nSPS) is 11.3. The molecule has 10 rings (SSSR count). The van der Waals surface area contributed by atoms with Gasteiger partial charge in [-0.2, -0.15) is 0 Å². The molecule has 0 aliphatic heterocycles. The number of fused-ring (bicyclic) bond motifs is 3. The molecule has 0 fully saturated rings. The number of hydrogen-bond donors (Lipinski definition) is 0. The topological polar surface area (TPSA) is 87.8 Å². The van der Waals surface area contributed by atoms with Crippen molar-refractivity contribution in [2.45, 2.75) is 27.7 Å². The first-order valence-electron chi connectivity index (χ1n) is 20.2. The van der Waals surface area contributed by atoms with Crippen LogP contribution in [0.4, 0.5) is 0 Å². The van der Waals surface area contributed by atoms with Crippen LogP contribution in [-0.4, -0.2) is 29.5 Å². The van der Waals surface area contributed by atoms with E-state index in [-0.39, 0.29) is 0 Å². The molecule has 4 aromatic heterocycles. The lowest BCUT2D eigenvalue weighted by Crippen LogP contribution is -2.01. The number of aromatic nitrogens is 6. The van der Waals surface area contributed by atoms with Crippen LogP contribution in [0.25, 0.3) is 72.5 Å². The minimum atomic E-state index is 0.478. The van der Waals surface area contributed by atoms with Crippen LogP contribution in [0.3, 0.4) is 0 Å². The van der Waals surface area contributed by atoms with E-state index in [0.717, 1.165) is 89.2 Å². The maximum atomic E-state index is 6.93. The van der Waals surface area contributed by atoms with E-state index in [1.807, 2.05) is 65.5 Å². The Morgan fingerprint density at radius 3 is 1.31 bits per heavy atom. The first kappa shape index (κ1) is 37.3. The second kappa shape index (κ2) is 15.7. The van der Waals surface area contributed by atoms with Crippen LogP contribution in [0.15, 0.2) is 171 Å². The van der Waals surface area contributed by atoms with Crippen molar-refractivity contribution in [2.24, 2.45) is 0 Å². The molecule has 0 bridgehead atoms. The van der Waals surface area contributed by atoms with E-state index in [4.69, 9.17) is 9.47 Å². The van der Waals surface area contributed by atoms with E-state index in [0.29, 0.717) is 17.4 Å². The van der Waals surface area contributed by atoms with Crippen LogP contribution in [0, 0.1) is 27.7 Å². The number of aryl methyl sites for hydroxylation is 4. The van der Waals surface area contributed by atoms with Gasteiger partial charge >= 0.3 is 0 Å². The van der Waals surface area contributed by atoms with Gasteiger partial charge in [0, 0.05) is 57.6 Å². The van der Waals surface area contributed by atoms with Crippen LogP contribution in [0.1, 0.15) is 22.3 Å². The monoisotopic (exact) mass is 792 g/mol. The molecule has 0 amide bonds. The highest BCUT2D eigenvalue weighted by Crippen LogP contribution is 2.44. The number of hydrogen-bond acceptors (Lipinski definition) is 7. The van der Waals surface area contributed by atoms with Gasteiger partial charge in [0.1, 0.15) is 35.7 Å². The zero-order valence-corrected chi connectivity index (χ0v) is 34.2. The summed E-state index contributed by atoms with van der Waals surface area (Å²) in [6.45, 7) is 8.43. The highest BCUT2D eigenvalue weighted by Gasteiger charge is 2.20. The van der Waals surface area contributed by atoms with Crippen molar-refractivity contribution in [2.75, 3.05) is 0 Å². The summed E-state index contributed by atoms with van der Waals surface area (Å²) in [4.78, 5) is 22.7. The molecular weight excluding hydrogens is 753 g/mol. The van der Waals surface area contributed by atoms with Gasteiger partial charge in [-0.05, 0) is 123 Å². The molecule has 0 N–H and O–H groups in total. The quantitative estimate of drug-likeness (QED) is 0.144. The summed E-state index contributed by atoms with van der Waals surface area (Å²) in [5, 5.41) is 2.03. The highest BCUT2D eigenvalue weighted by atomic mass is 16.5. The lowest BCUT2D eigenvalue weighted by Gasteiger charge is -2.17. The molecule has 6 aromatic carbocycles. The first-order valence-corrected chi connectivity index (χ1v) is 20.2. The third kappa shape index (κ3) is 7.25. The fourth-order valence-corrected chi connectivity index (χ4v) is 8.14. The highest BCUT2D eigenvalue weighted by molar-refractivity contribution is 6.09. The van der Waals surface area contributed by atoms with Gasteiger partial charge < -0.3 is 9.47 Å². The molecule has 10 aromatic rings. The Kier molecular flexibility index (Phi) is 9.58.